The average Bonchev–Trinajstić information content (AvgIpc) is 3.08. The summed E-state index contributed by atoms with van der Waals surface area (Å²) in [5, 5.41) is 6.03. The Morgan fingerprint density at radius 1 is 1.07 bits per heavy atom. The van der Waals surface area contributed by atoms with Crippen molar-refractivity contribution in [3.8, 4) is 0 Å². The smallest absolute Gasteiger partial charge is 0.240 e. The van der Waals surface area contributed by atoms with Gasteiger partial charge in [0.15, 0.2) is 5.78 Å². The van der Waals surface area contributed by atoms with Crippen LogP contribution in [0.2, 0.25) is 0 Å². The lowest BCUT2D eigenvalue weighted by atomic mass is 9.80. The Labute approximate surface area is 164 Å². The average molecular weight is 379 g/mol. The van der Waals surface area contributed by atoms with E-state index in [9.17, 15) is 14.4 Å². The van der Waals surface area contributed by atoms with E-state index in [-0.39, 0.29) is 23.6 Å². The van der Waals surface area contributed by atoms with Crippen molar-refractivity contribution in [2.24, 2.45) is 22.4 Å². The molecule has 0 radical (unpaired) electrons. The molecule has 3 heterocycles. The molecule has 4 rings (SSSR count). The predicted molar refractivity (Wildman–Crippen MR) is 107 cm³/mol. The molecule has 3 aliphatic rings. The molecule has 6 nitrogen and oxygen atoms in total. The number of amides is 2. The van der Waals surface area contributed by atoms with Gasteiger partial charge in [0.25, 0.3) is 0 Å². The van der Waals surface area contributed by atoms with Crippen LogP contribution in [0.4, 0.5) is 5.69 Å². The van der Waals surface area contributed by atoms with Crippen LogP contribution in [0.15, 0.2) is 35.5 Å². The number of allylic oxidation sites excluding steroid dienone is 1. The molecule has 2 fully saturated rings. The van der Waals surface area contributed by atoms with E-state index in [2.05, 4.69) is 5.10 Å². The van der Waals surface area contributed by atoms with Crippen LogP contribution in [0.25, 0.3) is 0 Å². The fourth-order valence-corrected chi connectivity index (χ4v) is 4.57. The third-order valence-corrected chi connectivity index (χ3v) is 5.89. The third kappa shape index (κ3) is 2.54. The summed E-state index contributed by atoms with van der Waals surface area (Å²) in [5.74, 6) is -1.94. The van der Waals surface area contributed by atoms with Crippen molar-refractivity contribution in [2.75, 3.05) is 4.90 Å². The second-order valence-electron chi connectivity index (χ2n) is 8.93. The summed E-state index contributed by atoms with van der Waals surface area (Å²) in [7, 11) is 0. The lowest BCUT2D eigenvalue weighted by molar-refractivity contribution is -0.136. The third-order valence-electron chi connectivity index (χ3n) is 5.89. The van der Waals surface area contributed by atoms with Gasteiger partial charge in [0.1, 0.15) is 6.04 Å². The second-order valence-corrected chi connectivity index (χ2v) is 8.93. The highest BCUT2D eigenvalue weighted by Crippen LogP contribution is 2.47. The lowest BCUT2D eigenvalue weighted by Crippen LogP contribution is -2.49. The zero-order valence-electron chi connectivity index (χ0n) is 16.8. The second kappa shape index (κ2) is 6.12. The zero-order valence-corrected chi connectivity index (χ0v) is 16.8. The molecular weight excluding hydrogens is 354 g/mol. The standard InChI is InChI=1S/C22H25N3O3/c1-12-8-9-14(13(2)11-12)24-20(27)16-15-7-6-10-23-25(15)18(17(16)21(24)28)19(26)22(3,4)5/h6-11,15-18H,1-5H3/t15-,16+,17-,18+/m1/s1. The topological polar surface area (TPSA) is 70.1 Å². The number of Topliss-reactive ketones (excluding diaryl/α,β-unsaturated/α-hetero) is 1. The summed E-state index contributed by atoms with van der Waals surface area (Å²) >= 11 is 0. The van der Waals surface area contributed by atoms with Crippen LogP contribution >= 0.6 is 0 Å². The van der Waals surface area contributed by atoms with Crippen molar-refractivity contribution < 1.29 is 14.4 Å². The summed E-state index contributed by atoms with van der Waals surface area (Å²) in [4.78, 5) is 41.4. The Kier molecular flexibility index (Phi) is 4.07. The molecular formula is C22H25N3O3. The molecule has 2 amide bonds. The molecule has 6 heteroatoms. The maximum absolute atomic E-state index is 13.5. The maximum atomic E-state index is 13.5. The van der Waals surface area contributed by atoms with E-state index in [1.165, 1.54) is 4.90 Å². The SMILES string of the molecule is Cc1ccc(N2C(=O)[C@@H]3[C@@H](C2=O)[C@@H](C(=O)C(C)(C)C)N2N=CC=C[C@H]32)c(C)c1. The Morgan fingerprint density at radius 3 is 2.39 bits per heavy atom. The first-order valence-corrected chi connectivity index (χ1v) is 9.61. The minimum absolute atomic E-state index is 0.0684. The van der Waals surface area contributed by atoms with E-state index in [0.717, 1.165) is 11.1 Å². The number of benzene rings is 1. The number of rotatable bonds is 2. The summed E-state index contributed by atoms with van der Waals surface area (Å²) in [6.45, 7) is 9.38. The number of aryl methyl sites for hydroxylation is 2. The van der Waals surface area contributed by atoms with Gasteiger partial charge in [-0.05, 0) is 31.6 Å². The lowest BCUT2D eigenvalue weighted by Gasteiger charge is -2.33. The Bertz CT molecular complexity index is 941. The van der Waals surface area contributed by atoms with Gasteiger partial charge in [-0.1, -0.05) is 44.5 Å². The van der Waals surface area contributed by atoms with Gasteiger partial charge < -0.3 is 0 Å². The largest absolute Gasteiger partial charge is 0.297 e. The number of nitrogens with zero attached hydrogens (tertiary/aromatic N) is 3. The van der Waals surface area contributed by atoms with Crippen LogP contribution in [-0.4, -0.2) is 40.9 Å². The van der Waals surface area contributed by atoms with Crippen molar-refractivity contribution in [1.29, 1.82) is 0 Å². The van der Waals surface area contributed by atoms with Crippen LogP contribution in [0, 0.1) is 31.1 Å². The highest BCUT2D eigenvalue weighted by Gasteiger charge is 2.64. The van der Waals surface area contributed by atoms with Gasteiger partial charge in [-0.15, -0.1) is 0 Å². The molecule has 1 aromatic carbocycles. The molecule has 28 heavy (non-hydrogen) atoms. The Morgan fingerprint density at radius 2 is 1.75 bits per heavy atom. The number of hydrogen-bond donors (Lipinski definition) is 0. The number of carbonyl (C=O) groups excluding carboxylic acids is 3. The first-order valence-electron chi connectivity index (χ1n) is 9.61. The van der Waals surface area contributed by atoms with E-state index in [4.69, 9.17) is 0 Å². The van der Waals surface area contributed by atoms with Crippen molar-refractivity contribution in [3.05, 3.63) is 41.5 Å². The number of imide groups is 1. The van der Waals surface area contributed by atoms with Gasteiger partial charge in [0, 0.05) is 11.6 Å². The van der Waals surface area contributed by atoms with Gasteiger partial charge in [-0.25, -0.2) is 4.90 Å². The molecule has 3 aliphatic heterocycles. The summed E-state index contributed by atoms with van der Waals surface area (Å²) in [6, 6.07) is 4.56. The molecule has 4 atom stereocenters. The van der Waals surface area contributed by atoms with E-state index in [1.54, 1.807) is 17.3 Å². The number of fused-ring (bicyclic) bond motifs is 3. The zero-order chi connectivity index (χ0) is 20.4. The van der Waals surface area contributed by atoms with Gasteiger partial charge in [-0.2, -0.15) is 5.10 Å². The van der Waals surface area contributed by atoms with Crippen molar-refractivity contribution in [1.82, 2.24) is 5.01 Å². The molecule has 0 aromatic heterocycles. The molecule has 1 aromatic rings. The van der Waals surface area contributed by atoms with Crippen LogP contribution in [0.3, 0.4) is 0 Å². The van der Waals surface area contributed by atoms with Gasteiger partial charge in [0.05, 0.1) is 23.6 Å². The quantitative estimate of drug-likeness (QED) is 0.741. The number of ketones is 1. The summed E-state index contributed by atoms with van der Waals surface area (Å²) < 4.78 is 0. The molecule has 0 unspecified atom stereocenters. The van der Waals surface area contributed by atoms with Crippen molar-refractivity contribution in [2.45, 2.75) is 46.7 Å². The van der Waals surface area contributed by atoms with Gasteiger partial charge in [0.2, 0.25) is 11.8 Å². The molecule has 0 spiro atoms. The van der Waals surface area contributed by atoms with Gasteiger partial charge in [-0.3, -0.25) is 19.4 Å². The van der Waals surface area contributed by atoms with Crippen molar-refractivity contribution in [3.63, 3.8) is 0 Å². The fourth-order valence-electron chi connectivity index (χ4n) is 4.57. The predicted octanol–water partition coefficient (Wildman–Crippen LogP) is 2.63. The fraction of sp³-hybridized carbons (Fsp3) is 0.455. The van der Waals surface area contributed by atoms with E-state index in [1.807, 2.05) is 58.9 Å². The molecule has 0 N–H and O–H groups in total. The summed E-state index contributed by atoms with van der Waals surface area (Å²) in [5.41, 5.74) is 1.90. The number of hydrogen-bond acceptors (Lipinski definition) is 5. The number of hydrazone groups is 1. The molecule has 0 saturated carbocycles. The first-order chi connectivity index (χ1) is 13.1. The normalized spacial score (nSPS) is 28.8. The van der Waals surface area contributed by atoms with Crippen LogP contribution < -0.4 is 4.90 Å². The maximum Gasteiger partial charge on any atom is 0.240 e. The van der Waals surface area contributed by atoms with Crippen molar-refractivity contribution >= 4 is 29.5 Å². The minimum Gasteiger partial charge on any atom is -0.297 e. The number of anilines is 1. The highest BCUT2D eigenvalue weighted by atomic mass is 16.2. The molecule has 0 aliphatic carbocycles. The summed E-state index contributed by atoms with van der Waals surface area (Å²) in [6.07, 6.45) is 5.26. The molecule has 146 valence electrons. The van der Waals surface area contributed by atoms with Crippen LogP contribution in [0.1, 0.15) is 31.9 Å². The number of carbonyl (C=O) groups is 3. The Hall–Kier alpha value is -2.76. The van der Waals surface area contributed by atoms with Crippen LogP contribution in [0.5, 0.6) is 0 Å². The monoisotopic (exact) mass is 379 g/mol. The minimum atomic E-state index is -0.733. The highest BCUT2D eigenvalue weighted by molar-refractivity contribution is 6.24. The van der Waals surface area contributed by atoms with Crippen LogP contribution in [-0.2, 0) is 14.4 Å². The molecule has 2 saturated heterocycles. The van der Waals surface area contributed by atoms with E-state index < -0.39 is 23.3 Å². The first kappa shape index (κ1) is 18.6. The Balaban J connectivity index is 1.81. The van der Waals surface area contributed by atoms with E-state index in [0.29, 0.717) is 5.69 Å². The molecule has 0 bridgehead atoms. The van der Waals surface area contributed by atoms with E-state index >= 15 is 0 Å². The van der Waals surface area contributed by atoms with Gasteiger partial charge >= 0.3 is 0 Å².